The summed E-state index contributed by atoms with van der Waals surface area (Å²) in [6.45, 7) is 10.0. The van der Waals surface area contributed by atoms with Crippen molar-refractivity contribution >= 4 is 76.6 Å². The number of aromatic nitrogens is 2. The normalized spacial score (nSPS) is 14.1. The number of carbonyl (C=O) groups excluding carboxylic acids is 5. The number of azo groups is 1. The monoisotopic (exact) mass is 1120 g/mol. The number of rotatable bonds is 30. The molecule has 0 saturated carbocycles. The lowest BCUT2D eigenvalue weighted by atomic mass is 10.2. The Bertz CT molecular complexity index is 2710. The van der Waals surface area contributed by atoms with Gasteiger partial charge in [0.25, 0.3) is 18.5 Å². The average molecular weight is 1120 g/mol. The molecule has 0 aliphatic carbocycles. The van der Waals surface area contributed by atoms with Crippen molar-refractivity contribution in [1.82, 2.24) is 36.7 Å². The number of amides is 5. The van der Waals surface area contributed by atoms with Gasteiger partial charge in [-0.1, -0.05) is 5.11 Å². The molecular formula is C52H72N14O12S+4. The Morgan fingerprint density at radius 2 is 1.49 bits per heavy atom. The zero-order valence-corrected chi connectivity index (χ0v) is 45.3. The number of carbonyl (C=O) groups is 5. The molecule has 2 aliphatic heterocycles. The number of thioether (sulfide) groups is 1. The smallest absolute Gasteiger partial charge is 0.494 e. The van der Waals surface area contributed by atoms with Gasteiger partial charge < -0.3 is 50.1 Å². The van der Waals surface area contributed by atoms with Gasteiger partial charge in [-0.15, -0.1) is 0 Å². The number of methoxy groups -OCH3 is 2. The van der Waals surface area contributed by atoms with Crippen LogP contribution in [0, 0.1) is 0 Å². The van der Waals surface area contributed by atoms with E-state index >= 15 is 0 Å². The number of ether oxygens (including phenoxy) is 5. The van der Waals surface area contributed by atoms with E-state index in [4.69, 9.17) is 28.5 Å². The number of aliphatic hydroxyl groups excluding tert-OH is 1. The van der Waals surface area contributed by atoms with Crippen molar-refractivity contribution in [2.24, 2.45) is 5.11 Å². The molecule has 2 saturated heterocycles. The van der Waals surface area contributed by atoms with Gasteiger partial charge in [0.05, 0.1) is 59.0 Å². The molecule has 10 N–H and O–H groups in total. The first-order valence-electron chi connectivity index (χ1n) is 25.7. The van der Waals surface area contributed by atoms with Crippen LogP contribution in [0.1, 0.15) is 28.8 Å². The molecule has 79 heavy (non-hydrogen) atoms. The zero-order valence-electron chi connectivity index (χ0n) is 44.5. The minimum atomic E-state index is -0.901. The lowest BCUT2D eigenvalue weighted by Gasteiger charge is -2.26. The van der Waals surface area contributed by atoms with E-state index < -0.39 is 23.6 Å². The van der Waals surface area contributed by atoms with Crippen LogP contribution in [0.2, 0.25) is 0 Å². The van der Waals surface area contributed by atoms with Gasteiger partial charge in [0, 0.05) is 104 Å². The molecule has 424 valence electrons. The predicted molar refractivity (Wildman–Crippen MR) is 290 cm³/mol. The maximum absolute atomic E-state index is 12.9. The van der Waals surface area contributed by atoms with Crippen LogP contribution in [0.25, 0.3) is 6.20 Å². The van der Waals surface area contributed by atoms with Crippen molar-refractivity contribution < 1.29 is 76.8 Å². The van der Waals surface area contributed by atoms with Crippen molar-refractivity contribution in [3.63, 3.8) is 0 Å². The molecule has 4 heterocycles. The molecule has 6 rings (SSSR count). The number of hydroxylamine groups is 1. The highest BCUT2D eigenvalue weighted by Crippen LogP contribution is 2.30. The highest BCUT2D eigenvalue weighted by Gasteiger charge is 2.21. The topological polar surface area (TPSA) is 300 Å². The Morgan fingerprint density at radius 1 is 0.785 bits per heavy atom. The summed E-state index contributed by atoms with van der Waals surface area (Å²) < 4.78 is 30.6. The molecule has 2 aromatic heterocycles. The minimum absolute atomic E-state index is 0.123. The molecule has 26 nitrogen and oxygen atoms in total. The third-order valence-corrected chi connectivity index (χ3v) is 12.8. The van der Waals surface area contributed by atoms with Crippen LogP contribution >= 0.6 is 11.8 Å². The van der Waals surface area contributed by atoms with Gasteiger partial charge in [0.1, 0.15) is 11.3 Å². The number of nitrogens with zero attached hydrogens (tertiary/aromatic N) is 5. The molecule has 27 heteroatoms. The number of hydrogen-bond donors (Lipinski definition) is 10. The van der Waals surface area contributed by atoms with Crippen molar-refractivity contribution in [1.29, 1.82) is 0 Å². The minimum Gasteiger partial charge on any atom is -0.494 e. The molecule has 2 aliphatic rings. The van der Waals surface area contributed by atoms with Gasteiger partial charge >= 0.3 is 30.0 Å². The molecule has 0 atom stereocenters. The van der Waals surface area contributed by atoms with Gasteiger partial charge in [-0.3, -0.25) is 44.7 Å². The Kier molecular flexibility index (Phi) is 26.1. The Hall–Kier alpha value is -7.79. The number of morpholine rings is 2. The summed E-state index contributed by atoms with van der Waals surface area (Å²) >= 11 is 1.65. The number of aliphatic hydroxyl groups is 1. The largest absolute Gasteiger partial charge is 0.499 e. The van der Waals surface area contributed by atoms with E-state index in [9.17, 15) is 29.1 Å². The van der Waals surface area contributed by atoms with Crippen molar-refractivity contribution in [3.05, 3.63) is 102 Å². The molecule has 4 aromatic rings. The fourth-order valence-corrected chi connectivity index (χ4v) is 8.33. The van der Waals surface area contributed by atoms with Crippen molar-refractivity contribution in [2.45, 2.75) is 26.2 Å². The third-order valence-electron chi connectivity index (χ3n) is 11.8. The van der Waals surface area contributed by atoms with E-state index in [0.29, 0.717) is 98.9 Å². The van der Waals surface area contributed by atoms with E-state index in [1.54, 1.807) is 94.2 Å². The van der Waals surface area contributed by atoms with Gasteiger partial charge in [-0.25, -0.2) is 10.3 Å². The summed E-state index contributed by atoms with van der Waals surface area (Å²) in [5.41, 5.74) is 11.2. The predicted octanol–water partition coefficient (Wildman–Crippen LogP) is -1.89. The number of nitrogens with one attached hydrogen (secondary N) is 9. The molecule has 0 radical (unpaired) electrons. The van der Waals surface area contributed by atoms with Gasteiger partial charge in [-0.2, -0.15) is 25.9 Å². The molecule has 2 fully saturated rings. The first-order valence-corrected chi connectivity index (χ1v) is 26.9. The van der Waals surface area contributed by atoms with Crippen LogP contribution in [0.5, 0.6) is 11.5 Å². The van der Waals surface area contributed by atoms with E-state index in [2.05, 4.69) is 62.6 Å². The quantitative estimate of drug-likeness (QED) is 0.00399. The number of hydrazine groups is 1. The van der Waals surface area contributed by atoms with Crippen molar-refractivity contribution in [2.75, 3.05) is 128 Å². The second-order valence-electron chi connectivity index (χ2n) is 17.6. The fourth-order valence-electron chi connectivity index (χ4n) is 7.66. The molecule has 0 bridgehead atoms. The maximum Gasteiger partial charge on any atom is 0.499 e. The van der Waals surface area contributed by atoms with Gasteiger partial charge in [0.2, 0.25) is 11.9 Å². The molecule has 0 spiro atoms. The van der Waals surface area contributed by atoms with E-state index in [0.717, 1.165) is 57.0 Å². The van der Waals surface area contributed by atoms with Crippen LogP contribution in [-0.4, -0.2) is 168 Å². The third kappa shape index (κ3) is 22.2. The van der Waals surface area contributed by atoms with Crippen LogP contribution < -0.4 is 66.3 Å². The second-order valence-corrected chi connectivity index (χ2v) is 18.8. The Morgan fingerprint density at radius 3 is 2.23 bits per heavy atom. The zero-order chi connectivity index (χ0) is 55.9. The van der Waals surface area contributed by atoms with Gasteiger partial charge in [-0.05, 0) is 56.3 Å². The molecular weight excluding hydrogens is 1040 g/mol. The van der Waals surface area contributed by atoms with Gasteiger partial charge in [0.15, 0.2) is 36.2 Å². The summed E-state index contributed by atoms with van der Waals surface area (Å²) in [6.07, 6.45) is 11.3. The highest BCUT2D eigenvalue weighted by molar-refractivity contribution is 7.99. The van der Waals surface area contributed by atoms with Crippen molar-refractivity contribution in [3.8, 4) is 11.5 Å². The summed E-state index contributed by atoms with van der Waals surface area (Å²) in [7, 11) is 2.92. The average Bonchev–Trinajstić information content (AvgIpc) is 3.48. The van der Waals surface area contributed by atoms with E-state index in [1.807, 2.05) is 12.1 Å². The lowest BCUT2D eigenvalue weighted by Crippen LogP contribution is -2.75. The maximum atomic E-state index is 12.9. The molecule has 5 amide bonds. The van der Waals surface area contributed by atoms with E-state index in [1.165, 1.54) is 26.8 Å². The number of anilines is 2. The first-order chi connectivity index (χ1) is 38.6. The summed E-state index contributed by atoms with van der Waals surface area (Å²) in [5.74, 6) is -1.51. The van der Waals surface area contributed by atoms with Crippen LogP contribution in [0.15, 0.2) is 96.4 Å². The Labute approximate surface area is 462 Å². The standard InChI is InChI=1S/C52H68N14O12S/c1-73-45-31-41(9-11-43(45)59-61-51(71)49(69)53-13-5-19-63-21-25-75-26-22-63)56-37-77-38-66-18-4-8-40(34-66)48(68)55-15-29-79-30-16-57-78-36-39-7-3-17-65(33-39)35-47(67)58-42-10-12-44(46(32-42)74-2)60-62-52(72)50(70)54-14-6-20-64-23-27-76-28-24-64/h3-4,7-12,17-18,31-35,37,57H,5-6,13-16,19-30,36,38H2,1-2H3,(H5-2,53,54,55,58,59,60,61,62,67,68,69,70,71,72)/p+4/b47-35+,56-37?. The highest BCUT2D eigenvalue weighted by atomic mass is 32.2. The number of benzene rings is 2. The Balaban J connectivity index is 0.808. The summed E-state index contributed by atoms with van der Waals surface area (Å²) in [6, 6.07) is 17.1. The first kappa shape index (κ1) is 60.4. The van der Waals surface area contributed by atoms with Crippen LogP contribution in [0.3, 0.4) is 0 Å². The fraction of sp³-hybridized carbons (Fsp3) is 0.423. The summed E-state index contributed by atoms with van der Waals surface area (Å²) in [5, 5.41) is 28.1. The summed E-state index contributed by atoms with van der Waals surface area (Å²) in [4.78, 5) is 75.3. The molecule has 0 unspecified atom stereocenters. The molecule has 2 aromatic carbocycles. The number of hydrogen-bond acceptors (Lipinski definition) is 19. The van der Waals surface area contributed by atoms with Crippen LogP contribution in [-0.2, 0) is 51.6 Å². The number of pyridine rings is 2. The second kappa shape index (κ2) is 34.2. The lowest BCUT2D eigenvalue weighted by molar-refractivity contribution is -0.727. The van der Waals surface area contributed by atoms with Crippen LogP contribution in [0.4, 0.5) is 22.7 Å². The van der Waals surface area contributed by atoms with E-state index in [-0.39, 0.29) is 30.8 Å². The SMILES string of the molecule is COc1cc(N/C(O)=C\[n+]2cccc(CONCCSCCNC(=O)c3ccc[n+](COC=[NH+]c4ccc(NNC(=O)C(=O)NCCCN5CCOCC5)c(OC)c4)c3)c2)ccc1N=[NH+]C(=O)C(=O)NCCCN1CCOCC1.